The Labute approximate surface area is 167 Å². The maximum Gasteiger partial charge on any atom is 0.274 e. The number of ether oxygens (including phenoxy) is 1. The van der Waals surface area contributed by atoms with Crippen LogP contribution in [0.1, 0.15) is 32.9 Å². The first-order valence-corrected chi connectivity index (χ1v) is 8.59. The van der Waals surface area contributed by atoms with E-state index >= 15 is 0 Å². The second-order valence-electron chi connectivity index (χ2n) is 6.28. The molecule has 9 nitrogen and oxygen atoms in total. The number of aromatic nitrogens is 3. The molecule has 1 amide bonds. The van der Waals surface area contributed by atoms with E-state index in [9.17, 15) is 4.79 Å². The van der Waals surface area contributed by atoms with Crippen molar-refractivity contribution in [3.8, 4) is 11.9 Å². The van der Waals surface area contributed by atoms with Crippen LogP contribution in [0, 0.1) is 23.7 Å². The van der Waals surface area contributed by atoms with E-state index in [0.29, 0.717) is 33.9 Å². The van der Waals surface area contributed by atoms with E-state index in [4.69, 9.17) is 21.1 Å². The molecular weight excluding hydrogens is 370 g/mol. The van der Waals surface area contributed by atoms with Gasteiger partial charge in [0.25, 0.3) is 5.91 Å². The van der Waals surface area contributed by atoms with Gasteiger partial charge in [-0.25, -0.2) is 4.98 Å². The molecule has 3 rings (SSSR count). The molecule has 0 atom stereocenters. The molecule has 0 saturated heterocycles. The van der Waals surface area contributed by atoms with Crippen LogP contribution in [0.15, 0.2) is 36.5 Å². The number of pyridine rings is 1. The summed E-state index contributed by atoms with van der Waals surface area (Å²) in [7, 11) is 3.10. The number of nitrogens with two attached hydrogens (primary N) is 1. The molecule has 9 heteroatoms. The lowest BCUT2D eigenvalue weighted by Crippen LogP contribution is -2.18. The number of anilines is 2. The van der Waals surface area contributed by atoms with Crippen LogP contribution in [-0.2, 0) is 7.05 Å². The summed E-state index contributed by atoms with van der Waals surface area (Å²) in [6.45, 7) is 1.67. The van der Waals surface area contributed by atoms with E-state index in [1.165, 1.54) is 11.8 Å². The van der Waals surface area contributed by atoms with Gasteiger partial charge in [-0.1, -0.05) is 0 Å². The van der Waals surface area contributed by atoms with Gasteiger partial charge in [0.1, 0.15) is 11.8 Å². The van der Waals surface area contributed by atoms with Crippen LogP contribution in [0.2, 0.25) is 0 Å². The fraction of sp³-hybridized carbons (Fsp3) is 0.150. The Hall–Kier alpha value is -4.19. The Bertz CT molecular complexity index is 1160. The predicted molar refractivity (Wildman–Crippen MR) is 108 cm³/mol. The fourth-order valence-electron chi connectivity index (χ4n) is 2.93. The monoisotopic (exact) mass is 389 g/mol. The normalized spacial score (nSPS) is 10.3. The van der Waals surface area contributed by atoms with E-state index in [0.717, 1.165) is 0 Å². The first-order chi connectivity index (χ1) is 13.8. The summed E-state index contributed by atoms with van der Waals surface area (Å²) < 4.78 is 6.47. The van der Waals surface area contributed by atoms with Crippen molar-refractivity contribution in [3.05, 3.63) is 64.6 Å². The average Bonchev–Trinajstić information content (AvgIpc) is 3.02. The molecular formula is C20H19N7O2. The highest BCUT2D eigenvalue weighted by atomic mass is 16.5. The second-order valence-corrected chi connectivity index (χ2v) is 6.28. The minimum Gasteiger partial charge on any atom is -0.481 e. The van der Waals surface area contributed by atoms with Gasteiger partial charge in [-0.15, -0.1) is 0 Å². The third-order valence-electron chi connectivity index (χ3n) is 4.42. The average molecular weight is 389 g/mol. The van der Waals surface area contributed by atoms with Crippen molar-refractivity contribution < 1.29 is 9.53 Å². The number of rotatable bonds is 5. The molecule has 0 unspecified atom stereocenters. The predicted octanol–water partition coefficient (Wildman–Crippen LogP) is 2.25. The van der Waals surface area contributed by atoms with Crippen molar-refractivity contribution in [1.29, 1.82) is 10.7 Å². The van der Waals surface area contributed by atoms with Crippen molar-refractivity contribution >= 4 is 23.0 Å². The number of methoxy groups -OCH3 is 1. The summed E-state index contributed by atoms with van der Waals surface area (Å²) in [6, 6.07) is 10.2. The van der Waals surface area contributed by atoms with Gasteiger partial charge in [0.05, 0.1) is 12.8 Å². The summed E-state index contributed by atoms with van der Waals surface area (Å²) >= 11 is 0. The van der Waals surface area contributed by atoms with Crippen molar-refractivity contribution in [2.75, 3.05) is 18.2 Å². The number of hydrogen-bond acceptors (Lipinski definition) is 7. The molecule has 0 aliphatic rings. The molecule has 0 aliphatic heterocycles. The van der Waals surface area contributed by atoms with Gasteiger partial charge in [0.15, 0.2) is 5.69 Å². The van der Waals surface area contributed by atoms with E-state index in [1.54, 1.807) is 50.5 Å². The minimum atomic E-state index is -0.410. The van der Waals surface area contributed by atoms with Gasteiger partial charge < -0.3 is 15.8 Å². The number of carbonyl (C=O) groups excluding carboxylic acids is 1. The van der Waals surface area contributed by atoms with Crippen LogP contribution >= 0.6 is 0 Å². The van der Waals surface area contributed by atoms with Gasteiger partial charge >= 0.3 is 0 Å². The third-order valence-corrected chi connectivity index (χ3v) is 4.42. The molecule has 0 spiro atoms. The van der Waals surface area contributed by atoms with Crippen LogP contribution in [-0.4, -0.2) is 33.5 Å². The molecule has 1 aromatic carbocycles. The van der Waals surface area contributed by atoms with Crippen molar-refractivity contribution in [3.63, 3.8) is 0 Å². The Kier molecular flexibility index (Phi) is 5.27. The van der Waals surface area contributed by atoms with Gasteiger partial charge in [0.2, 0.25) is 5.88 Å². The molecule has 0 radical (unpaired) electrons. The lowest BCUT2D eigenvalue weighted by molar-refractivity contribution is 0.101. The van der Waals surface area contributed by atoms with Gasteiger partial charge in [0, 0.05) is 47.4 Å². The molecule has 4 N–H and O–H groups in total. The highest BCUT2D eigenvalue weighted by molar-refractivity contribution is 6.15. The Morgan fingerprint density at radius 3 is 2.76 bits per heavy atom. The maximum absolute atomic E-state index is 12.7. The highest BCUT2D eigenvalue weighted by Crippen LogP contribution is 2.23. The second kappa shape index (κ2) is 7.82. The first-order valence-electron chi connectivity index (χ1n) is 8.59. The standard InChI is InChI=1S/C20H19N7O2/c1-11-16(10-21)26-27(2)19(11)20(28)25-13-4-5-15(22)14(9-13)18(23)12-6-7-24-17(8-12)29-3/h4-9,23H,22H2,1-3H3,(H,25,28). The number of benzene rings is 1. The minimum absolute atomic E-state index is 0.169. The number of nitrogens with zero attached hydrogens (tertiary/aromatic N) is 4. The van der Waals surface area contributed by atoms with E-state index in [-0.39, 0.29) is 17.1 Å². The third kappa shape index (κ3) is 3.77. The summed E-state index contributed by atoms with van der Waals surface area (Å²) in [5.74, 6) is -0.0258. The number of amides is 1. The van der Waals surface area contributed by atoms with Crippen LogP contribution in [0.25, 0.3) is 0 Å². The summed E-state index contributed by atoms with van der Waals surface area (Å²) in [6.07, 6.45) is 1.54. The van der Waals surface area contributed by atoms with Crippen molar-refractivity contribution in [2.45, 2.75) is 6.92 Å². The van der Waals surface area contributed by atoms with Crippen LogP contribution < -0.4 is 15.8 Å². The molecule has 29 heavy (non-hydrogen) atoms. The summed E-state index contributed by atoms with van der Waals surface area (Å²) in [4.78, 5) is 16.7. The Balaban J connectivity index is 1.91. The maximum atomic E-state index is 12.7. The largest absolute Gasteiger partial charge is 0.481 e. The highest BCUT2D eigenvalue weighted by Gasteiger charge is 2.19. The summed E-state index contributed by atoms with van der Waals surface area (Å²) in [5, 5.41) is 24.4. The summed E-state index contributed by atoms with van der Waals surface area (Å²) in [5.41, 5.74) is 9.10. The SMILES string of the molecule is COc1cc(C(=N)c2cc(NC(=O)c3c(C)c(C#N)nn3C)ccc2N)ccn1. The molecule has 0 fully saturated rings. The van der Waals surface area contributed by atoms with Gasteiger partial charge in [-0.2, -0.15) is 10.4 Å². The molecule has 3 aromatic rings. The number of hydrogen-bond donors (Lipinski definition) is 3. The van der Waals surface area contributed by atoms with Crippen LogP contribution in [0.5, 0.6) is 5.88 Å². The fourth-order valence-corrected chi connectivity index (χ4v) is 2.93. The number of aryl methyl sites for hydroxylation is 1. The van der Waals surface area contributed by atoms with E-state index in [1.807, 2.05) is 6.07 Å². The molecule has 0 aliphatic carbocycles. The molecule has 0 bridgehead atoms. The van der Waals surface area contributed by atoms with Gasteiger partial charge in [-0.05, 0) is 31.2 Å². The zero-order valence-corrected chi connectivity index (χ0v) is 16.1. The lowest BCUT2D eigenvalue weighted by atomic mass is 10.0. The number of carbonyl (C=O) groups is 1. The van der Waals surface area contributed by atoms with Crippen molar-refractivity contribution in [2.24, 2.45) is 7.05 Å². The van der Waals surface area contributed by atoms with Crippen LogP contribution in [0.4, 0.5) is 11.4 Å². The topological polar surface area (TPSA) is 143 Å². The zero-order valence-electron chi connectivity index (χ0n) is 16.1. The molecule has 146 valence electrons. The van der Waals surface area contributed by atoms with Crippen LogP contribution in [0.3, 0.4) is 0 Å². The quantitative estimate of drug-likeness (QED) is 0.451. The molecule has 2 heterocycles. The Morgan fingerprint density at radius 1 is 1.34 bits per heavy atom. The van der Waals surface area contributed by atoms with E-state index < -0.39 is 5.91 Å². The molecule has 0 saturated carbocycles. The zero-order chi connectivity index (χ0) is 21.1. The van der Waals surface area contributed by atoms with Gasteiger partial charge in [-0.3, -0.25) is 14.9 Å². The smallest absolute Gasteiger partial charge is 0.274 e. The Morgan fingerprint density at radius 2 is 2.10 bits per heavy atom. The number of nitrogens with one attached hydrogen (secondary N) is 2. The lowest BCUT2D eigenvalue weighted by Gasteiger charge is -2.12. The van der Waals surface area contributed by atoms with Crippen molar-refractivity contribution in [1.82, 2.24) is 14.8 Å². The molecule has 2 aromatic heterocycles. The first kappa shape index (κ1) is 19.6. The number of nitrogen functional groups attached to an aromatic ring is 1. The van der Waals surface area contributed by atoms with E-state index in [2.05, 4.69) is 15.4 Å². The number of nitriles is 1.